The first kappa shape index (κ1) is 23.7. The van der Waals surface area contributed by atoms with E-state index in [1.54, 1.807) is 25.1 Å². The minimum Gasteiger partial charge on any atom is -0.322 e. The fraction of sp³-hybridized carbons (Fsp3) is 0.0952. The number of primary sulfonamides is 1. The molecule has 0 aliphatic heterocycles. The second kappa shape index (κ2) is 8.91. The average molecular weight is 494 g/mol. The van der Waals surface area contributed by atoms with Crippen LogP contribution < -0.4 is 14.8 Å². The van der Waals surface area contributed by atoms with Crippen molar-refractivity contribution in [2.24, 2.45) is 5.14 Å². The van der Waals surface area contributed by atoms with Gasteiger partial charge in [-0.25, -0.2) is 22.0 Å². The van der Waals surface area contributed by atoms with E-state index in [0.29, 0.717) is 16.3 Å². The van der Waals surface area contributed by atoms with Gasteiger partial charge in [0, 0.05) is 23.3 Å². The second-order valence-corrected chi connectivity index (χ2v) is 10.9. The largest absolute Gasteiger partial charge is 0.322 e. The summed E-state index contributed by atoms with van der Waals surface area (Å²) in [6.45, 7) is 1.58. The second-order valence-electron chi connectivity index (χ2n) is 6.96. The molecular weight excluding hydrogens is 474 g/mol. The summed E-state index contributed by atoms with van der Waals surface area (Å²) in [7, 11) is -6.55. The first-order chi connectivity index (χ1) is 14.9. The van der Waals surface area contributed by atoms with E-state index >= 15 is 0 Å². The van der Waals surface area contributed by atoms with Crippen molar-refractivity contribution in [3.8, 4) is 0 Å². The molecule has 0 aliphatic carbocycles. The maximum absolute atomic E-state index is 13.0. The van der Waals surface area contributed by atoms with Crippen LogP contribution >= 0.6 is 11.6 Å². The lowest BCUT2D eigenvalue weighted by Gasteiger charge is -2.20. The van der Waals surface area contributed by atoms with Gasteiger partial charge in [0.2, 0.25) is 10.0 Å². The van der Waals surface area contributed by atoms with Gasteiger partial charge in [-0.2, -0.15) is 0 Å². The predicted octanol–water partition coefficient (Wildman–Crippen LogP) is 3.37. The Bertz CT molecular complexity index is 1410. The topological polar surface area (TPSA) is 127 Å². The number of hydrogen-bond donors (Lipinski definition) is 2. The maximum atomic E-state index is 13.0. The van der Waals surface area contributed by atoms with Crippen molar-refractivity contribution in [3.05, 3.63) is 82.9 Å². The quantitative estimate of drug-likeness (QED) is 0.544. The Morgan fingerprint density at radius 3 is 2.31 bits per heavy atom. The first-order valence-electron chi connectivity index (χ1n) is 9.19. The van der Waals surface area contributed by atoms with Crippen LogP contribution in [0.3, 0.4) is 0 Å². The number of sulfonamides is 2. The summed E-state index contributed by atoms with van der Waals surface area (Å²) in [6, 6.07) is 16.1. The van der Waals surface area contributed by atoms with Crippen LogP contribution in [-0.4, -0.2) is 29.8 Å². The number of nitrogens with one attached hydrogen (secondary N) is 1. The smallest absolute Gasteiger partial charge is 0.264 e. The predicted molar refractivity (Wildman–Crippen MR) is 124 cm³/mol. The number of carbonyl (C=O) groups is 1. The monoisotopic (exact) mass is 493 g/mol. The van der Waals surface area contributed by atoms with Crippen molar-refractivity contribution in [1.29, 1.82) is 0 Å². The van der Waals surface area contributed by atoms with Gasteiger partial charge >= 0.3 is 0 Å². The molecule has 11 heteroatoms. The van der Waals surface area contributed by atoms with Crippen molar-refractivity contribution >= 4 is 48.9 Å². The van der Waals surface area contributed by atoms with Crippen LogP contribution in [0, 0.1) is 6.92 Å². The molecule has 0 aromatic heterocycles. The normalized spacial score (nSPS) is 11.8. The molecule has 3 rings (SSSR count). The third kappa shape index (κ3) is 5.10. The fourth-order valence-corrected chi connectivity index (χ4v) is 5.18. The highest BCUT2D eigenvalue weighted by atomic mass is 35.5. The molecule has 0 saturated carbocycles. The number of carbonyl (C=O) groups excluding carboxylic acids is 1. The summed E-state index contributed by atoms with van der Waals surface area (Å²) in [5.41, 5.74) is 1.07. The molecule has 0 atom stereocenters. The van der Waals surface area contributed by atoms with Gasteiger partial charge in [0.15, 0.2) is 0 Å². The van der Waals surface area contributed by atoms with Crippen molar-refractivity contribution in [1.82, 2.24) is 0 Å². The number of aryl methyl sites for hydroxylation is 1. The Morgan fingerprint density at radius 2 is 1.66 bits per heavy atom. The summed E-state index contributed by atoms with van der Waals surface area (Å²) in [6.07, 6.45) is 0. The third-order valence-electron chi connectivity index (χ3n) is 4.68. The Labute approximate surface area is 191 Å². The van der Waals surface area contributed by atoms with Crippen LogP contribution in [0.5, 0.6) is 0 Å². The molecule has 1 amide bonds. The Kier molecular flexibility index (Phi) is 6.61. The van der Waals surface area contributed by atoms with Crippen LogP contribution in [0.2, 0.25) is 5.02 Å². The number of halogens is 1. The molecular formula is C21H20ClN3O5S2. The molecule has 32 heavy (non-hydrogen) atoms. The van der Waals surface area contributed by atoms with Gasteiger partial charge < -0.3 is 5.32 Å². The SMILES string of the molecule is Cc1ccc(NC(=O)c2cccc(S(=O)(=O)N(C)c3cccc(Cl)c3)c2)cc1S(N)(=O)=O. The number of anilines is 2. The minimum absolute atomic E-state index is 0.0725. The number of amides is 1. The van der Waals surface area contributed by atoms with E-state index in [1.807, 2.05) is 0 Å². The van der Waals surface area contributed by atoms with Crippen molar-refractivity contribution in [2.75, 3.05) is 16.7 Å². The molecule has 0 bridgehead atoms. The fourth-order valence-electron chi connectivity index (χ4n) is 2.95. The van der Waals surface area contributed by atoms with E-state index in [0.717, 1.165) is 4.31 Å². The Hall–Kier alpha value is -2.92. The maximum Gasteiger partial charge on any atom is 0.264 e. The van der Waals surface area contributed by atoms with Crippen LogP contribution in [0.25, 0.3) is 0 Å². The lowest BCUT2D eigenvalue weighted by molar-refractivity contribution is 0.102. The molecule has 8 nitrogen and oxygen atoms in total. The number of benzene rings is 3. The Morgan fingerprint density at radius 1 is 0.969 bits per heavy atom. The van der Waals surface area contributed by atoms with Crippen LogP contribution in [0.15, 0.2) is 76.5 Å². The number of rotatable bonds is 6. The highest BCUT2D eigenvalue weighted by Crippen LogP contribution is 2.25. The summed E-state index contributed by atoms with van der Waals surface area (Å²) in [4.78, 5) is 12.5. The standard InChI is InChI=1S/C21H20ClN3O5S2/c1-14-9-10-17(13-20(14)31(23,27)28)24-21(26)15-5-3-8-19(11-15)32(29,30)25(2)18-7-4-6-16(22)12-18/h3-13H,1-2H3,(H,24,26)(H2,23,27,28). The molecule has 0 heterocycles. The zero-order chi connectivity index (χ0) is 23.7. The van der Waals surface area contributed by atoms with Crippen LogP contribution in [-0.2, 0) is 20.0 Å². The highest BCUT2D eigenvalue weighted by molar-refractivity contribution is 7.92. The summed E-state index contributed by atoms with van der Waals surface area (Å²) in [5.74, 6) is -0.614. The van der Waals surface area contributed by atoms with Gasteiger partial charge in [0.05, 0.1) is 15.5 Å². The molecule has 0 unspecified atom stereocenters. The van der Waals surface area contributed by atoms with Crippen molar-refractivity contribution < 1.29 is 21.6 Å². The zero-order valence-electron chi connectivity index (χ0n) is 17.1. The minimum atomic E-state index is -3.97. The lowest BCUT2D eigenvalue weighted by atomic mass is 10.2. The molecule has 0 spiro atoms. The van der Waals surface area contributed by atoms with E-state index in [4.69, 9.17) is 16.7 Å². The number of hydrogen-bond acceptors (Lipinski definition) is 5. The molecule has 0 aliphatic rings. The van der Waals surface area contributed by atoms with E-state index in [2.05, 4.69) is 5.32 Å². The molecule has 3 N–H and O–H groups in total. The average Bonchev–Trinajstić information content (AvgIpc) is 2.73. The number of nitrogens with two attached hydrogens (primary N) is 1. The first-order valence-corrected chi connectivity index (χ1v) is 12.6. The van der Waals surface area contributed by atoms with E-state index in [9.17, 15) is 21.6 Å². The van der Waals surface area contributed by atoms with E-state index in [1.165, 1.54) is 55.6 Å². The molecule has 3 aromatic rings. The van der Waals surface area contributed by atoms with Crippen LogP contribution in [0.1, 0.15) is 15.9 Å². The lowest BCUT2D eigenvalue weighted by Crippen LogP contribution is -2.26. The molecule has 0 saturated heterocycles. The van der Waals surface area contributed by atoms with Gasteiger partial charge in [0.1, 0.15) is 0 Å². The third-order valence-corrected chi connectivity index (χ3v) is 7.75. The van der Waals surface area contributed by atoms with Gasteiger partial charge in [-0.1, -0.05) is 29.8 Å². The van der Waals surface area contributed by atoms with Gasteiger partial charge in [0.25, 0.3) is 15.9 Å². The van der Waals surface area contributed by atoms with Gasteiger partial charge in [-0.3, -0.25) is 9.10 Å². The number of nitrogens with zero attached hydrogens (tertiary/aromatic N) is 1. The summed E-state index contributed by atoms with van der Waals surface area (Å²) >= 11 is 5.96. The van der Waals surface area contributed by atoms with Crippen molar-refractivity contribution in [2.45, 2.75) is 16.7 Å². The van der Waals surface area contributed by atoms with Gasteiger partial charge in [-0.15, -0.1) is 0 Å². The molecule has 0 radical (unpaired) electrons. The summed E-state index contributed by atoms with van der Waals surface area (Å²) < 4.78 is 50.6. The van der Waals surface area contributed by atoms with Crippen molar-refractivity contribution in [3.63, 3.8) is 0 Å². The highest BCUT2D eigenvalue weighted by Gasteiger charge is 2.23. The van der Waals surface area contributed by atoms with Crippen LogP contribution in [0.4, 0.5) is 11.4 Å². The molecule has 3 aromatic carbocycles. The Balaban J connectivity index is 1.90. The molecule has 168 valence electrons. The van der Waals surface area contributed by atoms with Gasteiger partial charge in [-0.05, 0) is 61.0 Å². The van der Waals surface area contributed by atoms with E-state index in [-0.39, 0.29) is 21.0 Å². The zero-order valence-corrected chi connectivity index (χ0v) is 19.5. The summed E-state index contributed by atoms with van der Waals surface area (Å²) in [5, 5.41) is 8.15. The van der Waals surface area contributed by atoms with E-state index < -0.39 is 26.0 Å². The molecule has 0 fully saturated rings.